The molecule has 0 aliphatic heterocycles. The molecule has 2 heterocycles. The number of rotatable bonds is 4. The average molecular weight is 416 g/mol. The molecular formula is C18H10ClN3O5S. The van der Waals surface area contributed by atoms with Crippen molar-refractivity contribution >= 4 is 50.8 Å². The van der Waals surface area contributed by atoms with Crippen LogP contribution in [0.2, 0.25) is 5.02 Å². The Morgan fingerprint density at radius 2 is 1.96 bits per heavy atom. The lowest BCUT2D eigenvalue weighted by Crippen LogP contribution is -2.23. The van der Waals surface area contributed by atoms with Gasteiger partial charge in [0, 0.05) is 32.8 Å². The van der Waals surface area contributed by atoms with Crippen molar-refractivity contribution in [3.05, 3.63) is 69.2 Å². The number of nitrogens with one attached hydrogen (secondary N) is 1. The molecule has 0 unspecified atom stereocenters. The number of carboxylic acid groups (broad SMARTS) is 1. The van der Waals surface area contributed by atoms with Gasteiger partial charge in [0.2, 0.25) is 11.0 Å². The molecular weight excluding hydrogens is 406 g/mol. The van der Waals surface area contributed by atoms with Gasteiger partial charge in [-0.1, -0.05) is 23.7 Å². The molecule has 0 saturated carbocycles. The van der Waals surface area contributed by atoms with Crippen molar-refractivity contribution in [2.45, 2.75) is 0 Å². The number of carbonyl (C=O) groups excluding carboxylic acids is 1. The minimum atomic E-state index is -1.17. The van der Waals surface area contributed by atoms with Crippen LogP contribution in [0.5, 0.6) is 0 Å². The summed E-state index contributed by atoms with van der Waals surface area (Å²) in [6.07, 6.45) is 0. The number of benzene rings is 2. The Kier molecular flexibility index (Phi) is 4.46. The molecule has 8 nitrogen and oxygen atoms in total. The summed E-state index contributed by atoms with van der Waals surface area (Å²) in [6, 6.07) is 11.0. The monoisotopic (exact) mass is 415 g/mol. The lowest BCUT2D eigenvalue weighted by atomic mass is 10.0. The Hall–Kier alpha value is -3.43. The summed E-state index contributed by atoms with van der Waals surface area (Å²) in [7, 11) is 0. The number of halogens is 1. The molecule has 4 aromatic rings. The molecule has 0 aliphatic rings. The number of carbonyl (C=O) groups is 2. The normalized spacial score (nSPS) is 10.9. The van der Waals surface area contributed by atoms with Gasteiger partial charge in [0.25, 0.3) is 5.91 Å². The highest BCUT2D eigenvalue weighted by Gasteiger charge is 2.22. The van der Waals surface area contributed by atoms with E-state index in [-0.39, 0.29) is 26.5 Å². The standard InChI is InChI=1S/C18H10ClN3O5S/c19-11-4-1-9(2-5-11)12-8-28-17(15(12)18(24)25)20-16(23)10-3-6-13-14(7-10)22(26)27-21-13/h1-8H,(H,20,23)(H,24,25). The van der Waals surface area contributed by atoms with Gasteiger partial charge in [-0.3, -0.25) is 9.42 Å². The largest absolute Gasteiger partial charge is 0.478 e. The van der Waals surface area contributed by atoms with Crippen molar-refractivity contribution in [3.63, 3.8) is 0 Å². The minimum Gasteiger partial charge on any atom is -0.478 e. The van der Waals surface area contributed by atoms with E-state index in [1.807, 2.05) is 0 Å². The first-order valence-corrected chi connectivity index (χ1v) is 9.11. The molecule has 1 amide bonds. The van der Waals surface area contributed by atoms with Crippen LogP contribution in [0.3, 0.4) is 0 Å². The molecule has 0 spiro atoms. The fourth-order valence-electron chi connectivity index (χ4n) is 2.69. The number of aromatic nitrogens is 2. The van der Waals surface area contributed by atoms with Gasteiger partial charge in [-0.05, 0) is 34.7 Å². The molecule has 0 bridgehead atoms. The topological polar surface area (TPSA) is 119 Å². The molecule has 4 rings (SSSR count). The summed E-state index contributed by atoms with van der Waals surface area (Å²) in [5.74, 6) is -1.73. The number of hydrogen-bond donors (Lipinski definition) is 2. The van der Waals surface area contributed by atoms with Crippen molar-refractivity contribution in [1.82, 2.24) is 5.16 Å². The summed E-state index contributed by atoms with van der Waals surface area (Å²) in [4.78, 5) is 24.6. The smallest absolute Gasteiger partial charge is 0.339 e. The van der Waals surface area contributed by atoms with E-state index in [2.05, 4.69) is 15.1 Å². The zero-order chi connectivity index (χ0) is 19.8. The van der Waals surface area contributed by atoms with Crippen molar-refractivity contribution < 1.29 is 24.2 Å². The molecule has 0 fully saturated rings. The molecule has 140 valence electrons. The van der Waals surface area contributed by atoms with Crippen molar-refractivity contribution in [2.24, 2.45) is 0 Å². The maximum atomic E-state index is 12.6. The van der Waals surface area contributed by atoms with Crippen LogP contribution in [0.4, 0.5) is 5.00 Å². The summed E-state index contributed by atoms with van der Waals surface area (Å²) in [5.41, 5.74) is 1.68. The highest BCUT2D eigenvalue weighted by molar-refractivity contribution is 7.15. The van der Waals surface area contributed by atoms with Gasteiger partial charge in [0.05, 0.1) is 0 Å². The van der Waals surface area contributed by atoms with E-state index >= 15 is 0 Å². The Morgan fingerprint density at radius 1 is 1.21 bits per heavy atom. The predicted octanol–water partition coefficient (Wildman–Crippen LogP) is 3.79. The van der Waals surface area contributed by atoms with Crippen LogP contribution in [0.15, 0.2) is 52.5 Å². The lowest BCUT2D eigenvalue weighted by molar-refractivity contribution is -0.782. The van der Waals surface area contributed by atoms with Gasteiger partial charge < -0.3 is 15.6 Å². The van der Waals surface area contributed by atoms with Crippen LogP contribution in [-0.4, -0.2) is 22.1 Å². The van der Waals surface area contributed by atoms with E-state index in [1.54, 1.807) is 29.6 Å². The van der Waals surface area contributed by atoms with Crippen LogP contribution >= 0.6 is 22.9 Å². The Morgan fingerprint density at radius 3 is 2.68 bits per heavy atom. The maximum absolute atomic E-state index is 12.6. The zero-order valence-corrected chi connectivity index (χ0v) is 15.5. The first kappa shape index (κ1) is 18.0. The van der Waals surface area contributed by atoms with Gasteiger partial charge in [0.15, 0.2) is 0 Å². The van der Waals surface area contributed by atoms with Crippen molar-refractivity contribution in [2.75, 3.05) is 5.32 Å². The minimum absolute atomic E-state index is 0.0226. The second-order valence-electron chi connectivity index (χ2n) is 5.75. The van der Waals surface area contributed by atoms with Crippen LogP contribution < -0.4 is 10.2 Å². The van der Waals surface area contributed by atoms with E-state index in [1.165, 1.54) is 18.2 Å². The SMILES string of the molecule is O=C(Nc1scc(-c2ccc(Cl)cc2)c1C(=O)O)c1ccc2no[n+]([O-])c2c1. The highest BCUT2D eigenvalue weighted by atomic mass is 35.5. The third-order valence-electron chi connectivity index (χ3n) is 4.03. The summed E-state index contributed by atoms with van der Waals surface area (Å²) < 4.78 is 4.47. The van der Waals surface area contributed by atoms with Crippen LogP contribution in [0.1, 0.15) is 20.7 Å². The first-order chi connectivity index (χ1) is 13.4. The molecule has 0 radical (unpaired) electrons. The number of thiophene rings is 1. The summed E-state index contributed by atoms with van der Waals surface area (Å²) in [6.45, 7) is 0. The number of aromatic carboxylic acids is 1. The van der Waals surface area contributed by atoms with Gasteiger partial charge in [-0.15, -0.1) is 11.3 Å². The molecule has 10 heteroatoms. The number of fused-ring (bicyclic) bond motifs is 1. The van der Waals surface area contributed by atoms with E-state index in [0.29, 0.717) is 21.7 Å². The average Bonchev–Trinajstić information content (AvgIpc) is 3.26. The molecule has 0 aliphatic carbocycles. The Balaban J connectivity index is 1.68. The summed E-state index contributed by atoms with van der Waals surface area (Å²) in [5, 5.41) is 29.7. The molecule has 28 heavy (non-hydrogen) atoms. The number of anilines is 1. The third kappa shape index (κ3) is 3.17. The molecule has 2 N–H and O–H groups in total. The Bertz CT molecular complexity index is 1220. The third-order valence-corrected chi connectivity index (χ3v) is 5.18. The fourth-order valence-corrected chi connectivity index (χ4v) is 3.77. The number of amides is 1. The first-order valence-electron chi connectivity index (χ1n) is 7.85. The van der Waals surface area contributed by atoms with E-state index in [0.717, 1.165) is 11.3 Å². The fraction of sp³-hybridized carbons (Fsp3) is 0. The molecule has 2 aromatic carbocycles. The van der Waals surface area contributed by atoms with Crippen LogP contribution in [0, 0.1) is 5.21 Å². The number of nitrogens with zero attached hydrogens (tertiary/aromatic N) is 2. The van der Waals surface area contributed by atoms with Crippen molar-refractivity contribution in [3.8, 4) is 11.1 Å². The van der Waals surface area contributed by atoms with Crippen molar-refractivity contribution in [1.29, 1.82) is 0 Å². The molecule has 0 atom stereocenters. The zero-order valence-electron chi connectivity index (χ0n) is 13.9. The highest BCUT2D eigenvalue weighted by Crippen LogP contribution is 2.36. The Labute approximate surface area is 166 Å². The van der Waals surface area contributed by atoms with Gasteiger partial charge in [-0.2, -0.15) is 0 Å². The van der Waals surface area contributed by atoms with Gasteiger partial charge >= 0.3 is 5.97 Å². The van der Waals surface area contributed by atoms with Crippen LogP contribution in [-0.2, 0) is 0 Å². The summed E-state index contributed by atoms with van der Waals surface area (Å²) >= 11 is 6.97. The quantitative estimate of drug-likeness (QED) is 0.489. The van der Waals surface area contributed by atoms with E-state index in [9.17, 15) is 19.9 Å². The molecule has 0 saturated heterocycles. The van der Waals surface area contributed by atoms with Gasteiger partial charge in [-0.25, -0.2) is 4.79 Å². The maximum Gasteiger partial charge on any atom is 0.339 e. The van der Waals surface area contributed by atoms with Crippen LogP contribution in [0.25, 0.3) is 22.2 Å². The number of hydrogen-bond acceptors (Lipinski definition) is 6. The second-order valence-corrected chi connectivity index (χ2v) is 7.07. The lowest BCUT2D eigenvalue weighted by Gasteiger charge is -2.06. The predicted molar refractivity (Wildman–Crippen MR) is 103 cm³/mol. The van der Waals surface area contributed by atoms with Gasteiger partial charge in [0.1, 0.15) is 10.6 Å². The molecule has 2 aromatic heterocycles. The van der Waals surface area contributed by atoms with E-state index < -0.39 is 11.9 Å². The number of carboxylic acids is 1. The van der Waals surface area contributed by atoms with E-state index in [4.69, 9.17) is 11.6 Å². The second kappa shape index (κ2) is 6.95.